The van der Waals surface area contributed by atoms with E-state index in [9.17, 15) is 9.59 Å². The van der Waals surface area contributed by atoms with Crippen molar-refractivity contribution in [1.82, 2.24) is 20.3 Å². The number of anilines is 1. The summed E-state index contributed by atoms with van der Waals surface area (Å²) in [5.74, 6) is -0.138. The Balaban J connectivity index is 1.43. The zero-order valence-electron chi connectivity index (χ0n) is 14.4. The Hall–Kier alpha value is -3.22. The van der Waals surface area contributed by atoms with Gasteiger partial charge in [-0.1, -0.05) is 30.3 Å². The monoisotopic (exact) mass is 349 g/mol. The lowest BCUT2D eigenvalue weighted by molar-refractivity contribution is -0.123. The minimum atomic E-state index is -0.172. The van der Waals surface area contributed by atoms with E-state index in [1.807, 2.05) is 48.5 Å². The Kier molecular flexibility index (Phi) is 4.12. The predicted molar refractivity (Wildman–Crippen MR) is 97.7 cm³/mol. The molecule has 2 heterocycles. The highest BCUT2D eigenvalue weighted by Crippen LogP contribution is 2.34. The van der Waals surface area contributed by atoms with Crippen LogP contribution in [-0.4, -0.2) is 40.4 Å². The fraction of sp³-hybridized carbons (Fsp3) is 0.263. The summed E-state index contributed by atoms with van der Waals surface area (Å²) in [5.41, 5.74) is 3.51. The first-order valence-corrected chi connectivity index (χ1v) is 8.54. The summed E-state index contributed by atoms with van der Waals surface area (Å²) in [5, 5.41) is 11.5. The van der Waals surface area contributed by atoms with Crippen LogP contribution in [0.1, 0.15) is 17.9 Å². The van der Waals surface area contributed by atoms with E-state index in [0.29, 0.717) is 13.0 Å². The Morgan fingerprint density at radius 1 is 1.12 bits per heavy atom. The van der Waals surface area contributed by atoms with Gasteiger partial charge in [0.05, 0.1) is 0 Å². The molecule has 0 saturated heterocycles. The number of carbonyl (C=O) groups excluding carboxylic acids is 2. The summed E-state index contributed by atoms with van der Waals surface area (Å²) in [7, 11) is 1.78. The molecule has 0 radical (unpaired) electrons. The molecule has 0 spiro atoms. The van der Waals surface area contributed by atoms with Gasteiger partial charge < -0.3 is 10.2 Å². The molecule has 132 valence electrons. The van der Waals surface area contributed by atoms with Gasteiger partial charge in [-0.25, -0.2) is 0 Å². The second-order valence-electron chi connectivity index (χ2n) is 6.44. The van der Waals surface area contributed by atoms with E-state index >= 15 is 0 Å². The Labute approximate surface area is 150 Å². The third-order valence-electron chi connectivity index (χ3n) is 4.69. The highest BCUT2D eigenvalue weighted by molar-refractivity contribution is 5.96. The van der Waals surface area contributed by atoms with E-state index in [1.165, 1.54) is 4.80 Å². The molecule has 1 atom stereocenters. The van der Waals surface area contributed by atoms with Gasteiger partial charge in [0.15, 0.2) is 0 Å². The maximum atomic E-state index is 12.3. The quantitative estimate of drug-likeness (QED) is 0.777. The largest absolute Gasteiger partial charge is 0.354 e. The molecular formula is C19H19N5O2. The van der Waals surface area contributed by atoms with Crippen molar-refractivity contribution < 1.29 is 9.59 Å². The molecule has 0 aliphatic carbocycles. The van der Waals surface area contributed by atoms with E-state index in [2.05, 4.69) is 15.5 Å². The summed E-state index contributed by atoms with van der Waals surface area (Å²) < 4.78 is 0. The van der Waals surface area contributed by atoms with Gasteiger partial charge in [0, 0.05) is 31.6 Å². The van der Waals surface area contributed by atoms with Gasteiger partial charge in [-0.2, -0.15) is 15.0 Å². The molecule has 1 aliphatic heterocycles. The molecule has 1 aliphatic rings. The number of nitrogens with zero attached hydrogens (tertiary/aromatic N) is 4. The lowest BCUT2D eigenvalue weighted by atomic mass is 9.89. The molecule has 7 nitrogen and oxygen atoms in total. The van der Waals surface area contributed by atoms with Crippen molar-refractivity contribution in [2.24, 2.45) is 0 Å². The highest BCUT2D eigenvalue weighted by Gasteiger charge is 2.28. The Bertz CT molecular complexity index is 948. The summed E-state index contributed by atoms with van der Waals surface area (Å²) in [4.78, 5) is 27.5. The lowest BCUT2D eigenvalue weighted by Gasteiger charge is -2.31. The standard InChI is InChI=1S/C19H19N5O2/c1-23-17-9-5-2-6-14(17)13(10-19(23)26)11-20-18(25)12-24-21-15-7-3-4-8-16(15)22-24/h2-9,13H,10-12H2,1H3,(H,20,25). The summed E-state index contributed by atoms with van der Waals surface area (Å²) in [6, 6.07) is 15.3. The number of nitrogens with one attached hydrogen (secondary N) is 1. The van der Waals surface area contributed by atoms with Crippen LogP contribution < -0.4 is 10.2 Å². The molecule has 4 rings (SSSR count). The predicted octanol–water partition coefficient (Wildman–Crippen LogP) is 1.70. The average Bonchev–Trinajstić information content (AvgIpc) is 3.05. The third kappa shape index (κ3) is 3.03. The fourth-order valence-corrected chi connectivity index (χ4v) is 3.31. The van der Waals surface area contributed by atoms with Crippen molar-refractivity contribution in [3.05, 3.63) is 54.1 Å². The van der Waals surface area contributed by atoms with E-state index < -0.39 is 0 Å². The number of benzene rings is 2. The van der Waals surface area contributed by atoms with Crippen LogP contribution in [0.2, 0.25) is 0 Å². The van der Waals surface area contributed by atoms with Gasteiger partial charge in [-0.15, -0.1) is 0 Å². The fourth-order valence-electron chi connectivity index (χ4n) is 3.31. The van der Waals surface area contributed by atoms with E-state index in [-0.39, 0.29) is 24.3 Å². The van der Waals surface area contributed by atoms with Gasteiger partial charge >= 0.3 is 0 Å². The van der Waals surface area contributed by atoms with Crippen LogP contribution in [0, 0.1) is 0 Å². The highest BCUT2D eigenvalue weighted by atomic mass is 16.2. The van der Waals surface area contributed by atoms with Gasteiger partial charge in [-0.05, 0) is 23.8 Å². The topological polar surface area (TPSA) is 80.1 Å². The van der Waals surface area contributed by atoms with Gasteiger partial charge in [-0.3, -0.25) is 9.59 Å². The zero-order valence-corrected chi connectivity index (χ0v) is 14.4. The number of para-hydroxylation sites is 1. The molecule has 2 aromatic carbocycles. The smallest absolute Gasteiger partial charge is 0.243 e. The minimum absolute atomic E-state index is 0.0245. The van der Waals surface area contributed by atoms with Crippen molar-refractivity contribution in [2.45, 2.75) is 18.9 Å². The van der Waals surface area contributed by atoms with Crippen LogP contribution in [0.4, 0.5) is 5.69 Å². The van der Waals surface area contributed by atoms with Crippen LogP contribution >= 0.6 is 0 Å². The molecule has 0 fully saturated rings. The van der Waals surface area contributed by atoms with Crippen molar-refractivity contribution in [1.29, 1.82) is 0 Å². The Morgan fingerprint density at radius 3 is 2.50 bits per heavy atom. The summed E-state index contributed by atoms with van der Waals surface area (Å²) in [6.45, 7) is 0.465. The third-order valence-corrected chi connectivity index (χ3v) is 4.69. The number of carbonyl (C=O) groups is 2. The molecule has 1 unspecified atom stereocenters. The van der Waals surface area contributed by atoms with Crippen LogP contribution in [0.15, 0.2) is 48.5 Å². The zero-order chi connectivity index (χ0) is 18.1. The molecule has 1 aromatic heterocycles. The van der Waals surface area contributed by atoms with Crippen molar-refractivity contribution >= 4 is 28.5 Å². The molecular weight excluding hydrogens is 330 g/mol. The van der Waals surface area contributed by atoms with Gasteiger partial charge in [0.1, 0.15) is 17.6 Å². The molecule has 1 N–H and O–H groups in total. The van der Waals surface area contributed by atoms with Gasteiger partial charge in [0.25, 0.3) is 0 Å². The second kappa shape index (κ2) is 6.59. The number of fused-ring (bicyclic) bond motifs is 2. The molecule has 7 heteroatoms. The number of amides is 2. The average molecular weight is 349 g/mol. The van der Waals surface area contributed by atoms with Crippen LogP contribution in [0.25, 0.3) is 11.0 Å². The van der Waals surface area contributed by atoms with E-state index in [0.717, 1.165) is 22.3 Å². The first kappa shape index (κ1) is 16.3. The molecule has 2 amide bonds. The SMILES string of the molecule is CN1C(=O)CC(CNC(=O)Cn2nc3ccccc3n2)c2ccccc21. The molecule has 0 saturated carbocycles. The number of rotatable bonds is 4. The van der Waals surface area contributed by atoms with Crippen molar-refractivity contribution in [2.75, 3.05) is 18.5 Å². The summed E-state index contributed by atoms with van der Waals surface area (Å²) >= 11 is 0. The maximum absolute atomic E-state index is 12.3. The molecule has 0 bridgehead atoms. The minimum Gasteiger partial charge on any atom is -0.354 e. The van der Waals surface area contributed by atoms with Crippen molar-refractivity contribution in [3.63, 3.8) is 0 Å². The normalized spacial score (nSPS) is 16.6. The maximum Gasteiger partial charge on any atom is 0.243 e. The van der Waals surface area contributed by atoms with Crippen molar-refractivity contribution in [3.8, 4) is 0 Å². The lowest BCUT2D eigenvalue weighted by Crippen LogP contribution is -2.38. The number of aromatic nitrogens is 3. The van der Waals surface area contributed by atoms with E-state index in [4.69, 9.17) is 0 Å². The van der Waals surface area contributed by atoms with Crippen LogP contribution in [0.5, 0.6) is 0 Å². The van der Waals surface area contributed by atoms with Crippen LogP contribution in [0.3, 0.4) is 0 Å². The first-order valence-electron chi connectivity index (χ1n) is 8.54. The first-order chi connectivity index (χ1) is 12.6. The van der Waals surface area contributed by atoms with E-state index in [1.54, 1.807) is 11.9 Å². The number of hydrogen-bond acceptors (Lipinski definition) is 4. The molecule has 3 aromatic rings. The molecule has 26 heavy (non-hydrogen) atoms. The Morgan fingerprint density at radius 2 is 1.77 bits per heavy atom. The number of hydrogen-bond donors (Lipinski definition) is 1. The van der Waals surface area contributed by atoms with Crippen LogP contribution in [-0.2, 0) is 16.1 Å². The van der Waals surface area contributed by atoms with Gasteiger partial charge in [0.2, 0.25) is 11.8 Å². The second-order valence-corrected chi connectivity index (χ2v) is 6.44. The summed E-state index contributed by atoms with van der Waals surface area (Å²) in [6.07, 6.45) is 0.387.